The summed E-state index contributed by atoms with van der Waals surface area (Å²) in [5.74, 6) is 0.664. The number of benzene rings is 1. The zero-order valence-corrected chi connectivity index (χ0v) is 18.5. The number of sulfonamides is 1. The van der Waals surface area contributed by atoms with Crippen LogP contribution in [0.25, 0.3) is 11.0 Å². The maximum absolute atomic E-state index is 12.8. The Kier molecular flexibility index (Phi) is 7.38. The summed E-state index contributed by atoms with van der Waals surface area (Å²) in [7, 11) is 0.00361. The molecule has 2 aromatic rings. The van der Waals surface area contributed by atoms with E-state index in [0.29, 0.717) is 30.9 Å². The van der Waals surface area contributed by atoms with E-state index in [4.69, 9.17) is 5.26 Å². The minimum Gasteiger partial charge on any atom is -0.342 e. The van der Waals surface area contributed by atoms with Crippen molar-refractivity contribution in [3.63, 3.8) is 0 Å². The van der Waals surface area contributed by atoms with Gasteiger partial charge in [0.15, 0.2) is 0 Å². The van der Waals surface area contributed by atoms with Crippen molar-refractivity contribution in [3.05, 3.63) is 24.0 Å². The molecule has 158 valence electrons. The number of aryl methyl sites for hydroxylation is 2. The van der Waals surface area contributed by atoms with Crippen LogP contribution >= 0.6 is 0 Å². The average Bonchev–Trinajstić information content (AvgIpc) is 3.01. The number of hydrogen-bond acceptors (Lipinski definition) is 5. The fraction of sp³-hybridized carbons (Fsp3) is 0.550. The van der Waals surface area contributed by atoms with Gasteiger partial charge in [0.1, 0.15) is 5.82 Å². The lowest BCUT2D eigenvalue weighted by atomic mass is 10.2. The van der Waals surface area contributed by atoms with Crippen LogP contribution in [0.3, 0.4) is 0 Å². The predicted octanol–water partition coefficient (Wildman–Crippen LogP) is 2.30. The largest absolute Gasteiger partial charge is 0.342 e. The number of imidazole rings is 1. The second-order valence-corrected chi connectivity index (χ2v) is 8.98. The number of nitrogens with zero attached hydrogens (tertiary/aromatic N) is 5. The van der Waals surface area contributed by atoms with Crippen LogP contribution in [0.5, 0.6) is 0 Å². The van der Waals surface area contributed by atoms with Crippen molar-refractivity contribution >= 4 is 27.0 Å². The van der Waals surface area contributed by atoms with Crippen LogP contribution < -0.4 is 0 Å². The Bertz CT molecular complexity index is 1020. The third-order valence-electron chi connectivity index (χ3n) is 5.29. The molecular weight excluding hydrogens is 390 g/mol. The van der Waals surface area contributed by atoms with Gasteiger partial charge in [-0.25, -0.2) is 13.4 Å². The van der Waals surface area contributed by atoms with Crippen LogP contribution in [0.1, 0.15) is 39.4 Å². The first-order valence-electron chi connectivity index (χ1n) is 9.75. The summed E-state index contributed by atoms with van der Waals surface area (Å²) in [5.41, 5.74) is 1.41. The molecule has 0 aliphatic rings. The average molecular weight is 420 g/mol. The molecule has 1 unspecified atom stereocenters. The van der Waals surface area contributed by atoms with Crippen molar-refractivity contribution < 1.29 is 13.2 Å². The minimum atomic E-state index is -3.55. The molecule has 0 spiro atoms. The van der Waals surface area contributed by atoms with Crippen molar-refractivity contribution in [2.45, 2.75) is 51.0 Å². The Balaban J connectivity index is 2.24. The van der Waals surface area contributed by atoms with E-state index in [9.17, 15) is 13.2 Å². The van der Waals surface area contributed by atoms with Crippen molar-refractivity contribution in [3.8, 4) is 6.07 Å². The molecular formula is C20H29N5O3S. The van der Waals surface area contributed by atoms with Crippen LogP contribution in [0.15, 0.2) is 23.1 Å². The third kappa shape index (κ3) is 4.77. The van der Waals surface area contributed by atoms with E-state index in [-0.39, 0.29) is 29.7 Å². The lowest BCUT2D eigenvalue weighted by Crippen LogP contribution is -2.35. The van der Waals surface area contributed by atoms with Crippen LogP contribution in [0.2, 0.25) is 0 Å². The Hall–Kier alpha value is -2.44. The van der Waals surface area contributed by atoms with Gasteiger partial charge in [-0.15, -0.1) is 0 Å². The van der Waals surface area contributed by atoms with Gasteiger partial charge >= 0.3 is 0 Å². The standard InChI is InChI=1S/C20H29N5O3S/c1-6-25(7-2)29(27,28)16-8-9-18-17(14-16)22-19(24(18)5)10-11-20(26)23(4)15(3)12-13-21/h8-9,14-15H,6-7,10-12H2,1-5H3. The zero-order chi connectivity index (χ0) is 21.8. The van der Waals surface area contributed by atoms with E-state index in [2.05, 4.69) is 11.1 Å². The number of carbonyl (C=O) groups is 1. The normalized spacial score (nSPS) is 12.9. The molecule has 1 aromatic heterocycles. The van der Waals surface area contributed by atoms with Crippen molar-refractivity contribution in [1.29, 1.82) is 5.26 Å². The second-order valence-electron chi connectivity index (χ2n) is 7.04. The summed E-state index contributed by atoms with van der Waals surface area (Å²) in [6.07, 6.45) is 0.998. The number of amides is 1. The van der Waals surface area contributed by atoms with E-state index in [1.165, 1.54) is 4.31 Å². The number of rotatable bonds is 9. The first-order valence-corrected chi connectivity index (χ1v) is 11.2. The van der Waals surface area contributed by atoms with Gasteiger partial charge in [0.2, 0.25) is 15.9 Å². The first kappa shape index (κ1) is 22.8. The highest BCUT2D eigenvalue weighted by Gasteiger charge is 2.23. The van der Waals surface area contributed by atoms with Crippen LogP contribution in [-0.4, -0.2) is 59.3 Å². The van der Waals surface area contributed by atoms with Crippen LogP contribution in [0.4, 0.5) is 0 Å². The van der Waals surface area contributed by atoms with Crippen molar-refractivity contribution in [2.75, 3.05) is 20.1 Å². The number of hydrogen-bond donors (Lipinski definition) is 0. The highest BCUT2D eigenvalue weighted by Crippen LogP contribution is 2.23. The molecule has 1 aromatic carbocycles. The molecule has 0 radical (unpaired) electrons. The van der Waals surface area contributed by atoms with Crippen LogP contribution in [0, 0.1) is 11.3 Å². The Labute approximate surface area is 172 Å². The molecule has 0 aliphatic heterocycles. The predicted molar refractivity (Wildman–Crippen MR) is 112 cm³/mol. The third-order valence-corrected chi connectivity index (χ3v) is 7.34. The van der Waals surface area contributed by atoms with Gasteiger partial charge < -0.3 is 9.47 Å². The summed E-state index contributed by atoms with van der Waals surface area (Å²) in [5, 5.41) is 8.79. The number of aromatic nitrogens is 2. The number of carbonyl (C=O) groups excluding carboxylic acids is 1. The van der Waals surface area contributed by atoms with E-state index in [1.54, 1.807) is 30.1 Å². The van der Waals surface area contributed by atoms with Gasteiger partial charge in [0.25, 0.3) is 0 Å². The number of fused-ring (bicyclic) bond motifs is 1. The quantitative estimate of drug-likeness (QED) is 0.621. The summed E-state index contributed by atoms with van der Waals surface area (Å²) >= 11 is 0. The van der Waals surface area contributed by atoms with E-state index >= 15 is 0 Å². The zero-order valence-electron chi connectivity index (χ0n) is 17.7. The molecule has 0 saturated heterocycles. The summed E-state index contributed by atoms with van der Waals surface area (Å²) in [6, 6.07) is 6.89. The monoisotopic (exact) mass is 419 g/mol. The molecule has 0 N–H and O–H groups in total. The van der Waals surface area contributed by atoms with Crippen molar-refractivity contribution in [2.24, 2.45) is 7.05 Å². The van der Waals surface area contributed by atoms with Gasteiger partial charge in [-0.2, -0.15) is 9.57 Å². The molecule has 2 rings (SSSR count). The topological polar surface area (TPSA) is 99.3 Å². The van der Waals surface area contributed by atoms with E-state index in [1.807, 2.05) is 32.4 Å². The number of nitriles is 1. The molecule has 0 aliphatic carbocycles. The smallest absolute Gasteiger partial charge is 0.243 e. The minimum absolute atomic E-state index is 0.0513. The maximum atomic E-state index is 12.8. The Morgan fingerprint density at radius 3 is 2.55 bits per heavy atom. The van der Waals surface area contributed by atoms with Gasteiger partial charge in [-0.3, -0.25) is 4.79 Å². The molecule has 0 fully saturated rings. The van der Waals surface area contributed by atoms with Crippen LogP contribution in [-0.2, 0) is 28.3 Å². The molecule has 0 bridgehead atoms. The molecule has 8 nitrogen and oxygen atoms in total. The van der Waals surface area contributed by atoms with Gasteiger partial charge in [0, 0.05) is 46.1 Å². The molecule has 0 saturated carbocycles. The van der Waals surface area contributed by atoms with Gasteiger partial charge in [0.05, 0.1) is 28.4 Å². The van der Waals surface area contributed by atoms with E-state index < -0.39 is 10.0 Å². The lowest BCUT2D eigenvalue weighted by Gasteiger charge is -2.22. The second kappa shape index (κ2) is 9.37. The summed E-state index contributed by atoms with van der Waals surface area (Å²) in [4.78, 5) is 18.8. The molecule has 1 atom stereocenters. The summed E-state index contributed by atoms with van der Waals surface area (Å²) < 4.78 is 28.8. The van der Waals surface area contributed by atoms with Gasteiger partial charge in [-0.05, 0) is 25.1 Å². The van der Waals surface area contributed by atoms with Crippen molar-refractivity contribution in [1.82, 2.24) is 18.8 Å². The highest BCUT2D eigenvalue weighted by molar-refractivity contribution is 7.89. The summed E-state index contributed by atoms with van der Waals surface area (Å²) in [6.45, 7) is 6.27. The fourth-order valence-electron chi connectivity index (χ4n) is 3.24. The highest BCUT2D eigenvalue weighted by atomic mass is 32.2. The lowest BCUT2D eigenvalue weighted by molar-refractivity contribution is -0.131. The Morgan fingerprint density at radius 1 is 1.31 bits per heavy atom. The fourth-order valence-corrected chi connectivity index (χ4v) is 4.71. The molecule has 1 heterocycles. The SMILES string of the molecule is CCN(CC)S(=O)(=O)c1ccc2c(c1)nc(CCC(=O)N(C)C(C)CC#N)n2C. The first-order chi connectivity index (χ1) is 13.7. The molecule has 1 amide bonds. The Morgan fingerprint density at radius 2 is 1.97 bits per heavy atom. The molecule has 9 heteroatoms. The molecule has 29 heavy (non-hydrogen) atoms. The maximum Gasteiger partial charge on any atom is 0.243 e. The van der Waals surface area contributed by atoms with E-state index in [0.717, 1.165) is 5.52 Å². The van der Waals surface area contributed by atoms with Gasteiger partial charge in [-0.1, -0.05) is 13.8 Å².